The lowest BCUT2D eigenvalue weighted by Gasteiger charge is -2.25. The van der Waals surface area contributed by atoms with E-state index in [1.165, 1.54) is 0 Å². The molecule has 3 rings (SSSR count). The molecule has 2 fully saturated rings. The lowest BCUT2D eigenvalue weighted by atomic mass is 10.0. The molecule has 0 saturated carbocycles. The predicted octanol–water partition coefficient (Wildman–Crippen LogP) is 1.67. The maximum atomic E-state index is 12.6. The minimum absolute atomic E-state index is 0.0988. The van der Waals surface area contributed by atoms with Gasteiger partial charge in [-0.2, -0.15) is 0 Å². The first-order valence-corrected chi connectivity index (χ1v) is 8.53. The van der Waals surface area contributed by atoms with Gasteiger partial charge in [0.05, 0.1) is 5.69 Å². The quantitative estimate of drug-likeness (QED) is 0.801. The Morgan fingerprint density at radius 1 is 1.23 bits per heavy atom. The monoisotopic (exact) mass is 365 g/mol. The van der Waals surface area contributed by atoms with Gasteiger partial charge >= 0.3 is 0 Å². The van der Waals surface area contributed by atoms with Gasteiger partial charge in [-0.3, -0.25) is 9.59 Å². The van der Waals surface area contributed by atoms with Crippen LogP contribution in [0.25, 0.3) is 0 Å². The Labute approximate surface area is 138 Å². The van der Waals surface area contributed by atoms with Crippen molar-refractivity contribution in [3.63, 3.8) is 0 Å². The number of benzene rings is 1. The molecule has 2 saturated heterocycles. The summed E-state index contributed by atoms with van der Waals surface area (Å²) in [5.74, 6) is -0.772. The summed E-state index contributed by atoms with van der Waals surface area (Å²) in [4.78, 5) is 26.7. The maximum Gasteiger partial charge on any atom is 0.239 e. The van der Waals surface area contributed by atoms with Crippen LogP contribution in [0.1, 0.15) is 19.3 Å². The summed E-state index contributed by atoms with van der Waals surface area (Å²) in [7, 11) is 0. The molecule has 0 bridgehead atoms. The summed E-state index contributed by atoms with van der Waals surface area (Å²) in [6, 6.07) is 7.81. The van der Waals surface area contributed by atoms with Crippen molar-refractivity contribution in [1.29, 1.82) is 0 Å². The SMILES string of the molecule is O=C(NC1CCNCC1)C1CCN(c2ccccc2Br)C1=O. The first-order valence-electron chi connectivity index (χ1n) is 7.74. The van der Waals surface area contributed by atoms with E-state index in [4.69, 9.17) is 0 Å². The highest BCUT2D eigenvalue weighted by molar-refractivity contribution is 9.10. The standard InChI is InChI=1S/C16H20BrN3O2/c17-13-3-1-2-4-14(13)20-10-7-12(16(20)22)15(21)19-11-5-8-18-9-6-11/h1-4,11-12,18H,5-10H2,(H,19,21). The number of piperidine rings is 1. The molecule has 0 radical (unpaired) electrons. The Morgan fingerprint density at radius 3 is 2.68 bits per heavy atom. The van der Waals surface area contributed by atoms with Crippen LogP contribution in [0.4, 0.5) is 5.69 Å². The zero-order chi connectivity index (χ0) is 15.5. The van der Waals surface area contributed by atoms with Crippen LogP contribution in [-0.2, 0) is 9.59 Å². The summed E-state index contributed by atoms with van der Waals surface area (Å²) in [6.07, 6.45) is 2.44. The Bertz CT molecular complexity index is 572. The first kappa shape index (κ1) is 15.5. The number of anilines is 1. The number of carbonyl (C=O) groups excluding carboxylic acids is 2. The molecule has 1 unspecified atom stereocenters. The van der Waals surface area contributed by atoms with Crippen molar-refractivity contribution in [3.05, 3.63) is 28.7 Å². The average molecular weight is 366 g/mol. The summed E-state index contributed by atoms with van der Waals surface area (Å²) in [6.45, 7) is 2.44. The van der Waals surface area contributed by atoms with Crippen LogP contribution in [0.15, 0.2) is 28.7 Å². The summed E-state index contributed by atoms with van der Waals surface area (Å²) < 4.78 is 0.878. The normalized spacial score (nSPS) is 22.9. The second kappa shape index (κ2) is 6.79. The van der Waals surface area contributed by atoms with Crippen LogP contribution in [-0.4, -0.2) is 37.5 Å². The number of hydrogen-bond acceptors (Lipinski definition) is 3. The third kappa shape index (κ3) is 3.17. The smallest absolute Gasteiger partial charge is 0.239 e. The lowest BCUT2D eigenvalue weighted by Crippen LogP contribution is -2.46. The van der Waals surface area contributed by atoms with Gasteiger partial charge in [0, 0.05) is 17.1 Å². The van der Waals surface area contributed by atoms with Crippen LogP contribution in [0, 0.1) is 5.92 Å². The number of amides is 2. The lowest BCUT2D eigenvalue weighted by molar-refractivity contribution is -0.132. The van der Waals surface area contributed by atoms with Crippen molar-refractivity contribution >= 4 is 33.4 Å². The van der Waals surface area contributed by atoms with E-state index in [9.17, 15) is 9.59 Å². The van der Waals surface area contributed by atoms with Gasteiger partial charge in [0.2, 0.25) is 11.8 Å². The number of nitrogens with zero attached hydrogens (tertiary/aromatic N) is 1. The third-order valence-electron chi connectivity index (χ3n) is 4.35. The molecule has 22 heavy (non-hydrogen) atoms. The Hall–Kier alpha value is -1.40. The fourth-order valence-corrected chi connectivity index (χ4v) is 3.60. The van der Waals surface area contributed by atoms with E-state index in [2.05, 4.69) is 26.6 Å². The largest absolute Gasteiger partial charge is 0.353 e. The van der Waals surface area contributed by atoms with Gasteiger partial charge in [-0.1, -0.05) is 12.1 Å². The van der Waals surface area contributed by atoms with Crippen molar-refractivity contribution in [2.75, 3.05) is 24.5 Å². The number of nitrogens with one attached hydrogen (secondary N) is 2. The second-order valence-corrected chi connectivity index (χ2v) is 6.67. The average Bonchev–Trinajstić information content (AvgIpc) is 2.90. The molecule has 1 aromatic rings. The molecule has 2 amide bonds. The molecular formula is C16H20BrN3O2. The van der Waals surface area contributed by atoms with Crippen molar-refractivity contribution < 1.29 is 9.59 Å². The minimum atomic E-state index is -0.554. The zero-order valence-electron chi connectivity index (χ0n) is 12.3. The fraction of sp³-hybridized carbons (Fsp3) is 0.500. The highest BCUT2D eigenvalue weighted by atomic mass is 79.9. The second-order valence-electron chi connectivity index (χ2n) is 5.82. The molecule has 1 atom stereocenters. The van der Waals surface area contributed by atoms with Gasteiger partial charge in [0.25, 0.3) is 0 Å². The molecular weight excluding hydrogens is 346 g/mol. The van der Waals surface area contributed by atoms with E-state index >= 15 is 0 Å². The molecule has 2 heterocycles. The fourth-order valence-electron chi connectivity index (χ4n) is 3.10. The van der Waals surface area contributed by atoms with Crippen LogP contribution >= 0.6 is 15.9 Å². The predicted molar refractivity (Wildman–Crippen MR) is 88.6 cm³/mol. The van der Waals surface area contributed by atoms with Crippen molar-refractivity contribution in [2.24, 2.45) is 5.92 Å². The highest BCUT2D eigenvalue weighted by Crippen LogP contribution is 2.31. The highest BCUT2D eigenvalue weighted by Gasteiger charge is 2.38. The van der Waals surface area contributed by atoms with E-state index < -0.39 is 5.92 Å². The van der Waals surface area contributed by atoms with Crippen molar-refractivity contribution in [3.8, 4) is 0 Å². The van der Waals surface area contributed by atoms with E-state index in [-0.39, 0.29) is 17.9 Å². The number of halogens is 1. The van der Waals surface area contributed by atoms with Crippen LogP contribution in [0.2, 0.25) is 0 Å². The van der Waals surface area contributed by atoms with Crippen molar-refractivity contribution in [2.45, 2.75) is 25.3 Å². The van der Waals surface area contributed by atoms with Gasteiger partial charge in [0.15, 0.2) is 0 Å². The van der Waals surface area contributed by atoms with Crippen molar-refractivity contribution in [1.82, 2.24) is 10.6 Å². The van der Waals surface area contributed by atoms with Crippen LogP contribution in [0.5, 0.6) is 0 Å². The summed E-state index contributed by atoms with van der Waals surface area (Å²) >= 11 is 3.47. The number of carbonyl (C=O) groups is 2. The molecule has 2 aliphatic heterocycles. The van der Waals surface area contributed by atoms with Crippen LogP contribution in [0.3, 0.4) is 0 Å². The molecule has 6 heteroatoms. The zero-order valence-corrected chi connectivity index (χ0v) is 13.9. The number of para-hydroxylation sites is 1. The summed E-state index contributed by atoms with van der Waals surface area (Å²) in [5.41, 5.74) is 0.838. The molecule has 2 aliphatic rings. The van der Waals surface area contributed by atoms with E-state index in [0.717, 1.165) is 36.1 Å². The van der Waals surface area contributed by atoms with Gasteiger partial charge in [-0.25, -0.2) is 0 Å². The first-order chi connectivity index (χ1) is 10.7. The van der Waals surface area contributed by atoms with Gasteiger partial charge in [-0.05, 0) is 60.4 Å². The van der Waals surface area contributed by atoms with Crippen LogP contribution < -0.4 is 15.5 Å². The molecule has 0 aliphatic carbocycles. The third-order valence-corrected chi connectivity index (χ3v) is 5.02. The maximum absolute atomic E-state index is 12.6. The molecule has 1 aromatic carbocycles. The minimum Gasteiger partial charge on any atom is -0.353 e. The molecule has 0 spiro atoms. The van der Waals surface area contributed by atoms with E-state index in [1.54, 1.807) is 4.90 Å². The van der Waals surface area contributed by atoms with E-state index in [1.807, 2.05) is 24.3 Å². The molecule has 118 valence electrons. The molecule has 2 N–H and O–H groups in total. The van der Waals surface area contributed by atoms with Gasteiger partial charge in [0.1, 0.15) is 5.92 Å². The Morgan fingerprint density at radius 2 is 1.95 bits per heavy atom. The van der Waals surface area contributed by atoms with Gasteiger partial charge < -0.3 is 15.5 Å². The van der Waals surface area contributed by atoms with E-state index in [0.29, 0.717) is 13.0 Å². The molecule has 5 nitrogen and oxygen atoms in total. The number of hydrogen-bond donors (Lipinski definition) is 2. The Balaban J connectivity index is 1.65. The van der Waals surface area contributed by atoms with Gasteiger partial charge in [-0.15, -0.1) is 0 Å². The molecule has 0 aromatic heterocycles. The number of rotatable bonds is 3. The Kier molecular flexibility index (Phi) is 4.78. The topological polar surface area (TPSA) is 61.4 Å². The summed E-state index contributed by atoms with van der Waals surface area (Å²) in [5, 5.41) is 6.31.